The van der Waals surface area contributed by atoms with Crippen molar-refractivity contribution in [2.24, 2.45) is 53.3 Å². The summed E-state index contributed by atoms with van der Waals surface area (Å²) in [5.74, 6) is 0.604. The average molecular weight is 706 g/mol. The predicted molar refractivity (Wildman–Crippen MR) is 183 cm³/mol. The number of fused-ring (bicyclic) bond motifs is 4. The molecule has 11 heteroatoms. The number of amides is 1. The summed E-state index contributed by atoms with van der Waals surface area (Å²) in [6.45, 7) is 20.1. The fraction of sp³-hybridized carbons (Fsp3) is 0.974. The fourth-order valence-corrected chi connectivity index (χ4v) is 12.6. The van der Waals surface area contributed by atoms with Crippen LogP contribution in [0.15, 0.2) is 0 Å². The maximum absolute atomic E-state index is 14.3. The molecule has 1 amide bonds. The Kier molecular flexibility index (Phi) is 8.81. The highest BCUT2D eigenvalue weighted by Gasteiger charge is 2.71. The Labute approximate surface area is 294 Å². The quantitative estimate of drug-likeness (QED) is 0.224. The third-order valence-electron chi connectivity index (χ3n) is 14.8. The molecule has 10 fully saturated rings. The molecular weight excluding hydrogens is 643 g/mol. The second-order valence-corrected chi connectivity index (χ2v) is 24.8. The second-order valence-electron chi connectivity index (χ2n) is 19.3. The highest BCUT2D eigenvalue weighted by molar-refractivity contribution is 6.76. The summed E-state index contributed by atoms with van der Waals surface area (Å²) in [6, 6.07) is 0. The summed E-state index contributed by atoms with van der Waals surface area (Å²) >= 11 is 0. The third kappa shape index (κ3) is 5.65. The van der Waals surface area contributed by atoms with Gasteiger partial charge < -0.3 is 24.3 Å². The van der Waals surface area contributed by atoms with Gasteiger partial charge in [0.2, 0.25) is 17.5 Å². The minimum Gasteiger partial charge on any atom is -0.359 e. The van der Waals surface area contributed by atoms with Gasteiger partial charge in [-0.3, -0.25) is 4.79 Å². The molecule has 8 heterocycles. The summed E-state index contributed by atoms with van der Waals surface area (Å²) < 4.78 is 27.4. The Morgan fingerprint density at radius 1 is 0.673 bits per heavy atom. The van der Waals surface area contributed by atoms with E-state index in [1.165, 1.54) is 0 Å². The second kappa shape index (κ2) is 12.2. The number of carbonyl (C=O) groups excluding carboxylic acids is 1. The summed E-state index contributed by atoms with van der Waals surface area (Å²) in [6.07, 6.45) is 8.57. The maximum Gasteiger partial charge on any atom is 0.223 e. The van der Waals surface area contributed by atoms with Crippen LogP contribution in [0, 0.1) is 53.3 Å². The number of hydrogen-bond donors (Lipinski definition) is 1. The first-order chi connectivity index (χ1) is 23.1. The van der Waals surface area contributed by atoms with Crippen molar-refractivity contribution >= 4 is 14.0 Å². The van der Waals surface area contributed by atoms with Crippen LogP contribution in [0.3, 0.4) is 0 Å². The molecule has 2 aliphatic carbocycles. The van der Waals surface area contributed by atoms with Gasteiger partial charge in [0.15, 0.2) is 23.8 Å². The molecule has 1 N–H and O–H groups in total. The van der Waals surface area contributed by atoms with Crippen LogP contribution in [0.5, 0.6) is 0 Å². The average Bonchev–Trinajstić information content (AvgIpc) is 3.41. The molecule has 278 valence electrons. The van der Waals surface area contributed by atoms with E-state index in [0.29, 0.717) is 36.5 Å². The molecule has 49 heavy (non-hydrogen) atoms. The van der Waals surface area contributed by atoms with Crippen LogP contribution in [0.25, 0.3) is 0 Å². The Morgan fingerprint density at radius 2 is 1.12 bits per heavy atom. The lowest BCUT2D eigenvalue weighted by Crippen LogP contribution is -2.70. The first kappa shape index (κ1) is 35.4. The molecule has 0 aromatic heterocycles. The SMILES string of the molecule is C[C@H]1[C@@H](CC(C[C@H]2O[C@@H]3O[C@]4(C)CC[C@H]5[C@H](C)CCC([C@H]2C)[C@@]35OO4)C(=O)NC[Si](C)(C)C)O[C@@H]2O[C@]3(C)CC[C@H]4[C@H](C)CC[C@@H]1[C@@]24OO3. The number of nitrogens with one attached hydrogen (secondary N) is 1. The molecule has 0 aromatic rings. The van der Waals surface area contributed by atoms with Crippen molar-refractivity contribution < 1.29 is 43.3 Å². The monoisotopic (exact) mass is 705 g/mol. The predicted octanol–water partition coefficient (Wildman–Crippen LogP) is 6.88. The van der Waals surface area contributed by atoms with Gasteiger partial charge in [0.1, 0.15) is 0 Å². The van der Waals surface area contributed by atoms with Crippen molar-refractivity contribution in [1.82, 2.24) is 5.32 Å². The number of ether oxygens (including phenoxy) is 4. The Morgan fingerprint density at radius 3 is 1.55 bits per heavy atom. The smallest absolute Gasteiger partial charge is 0.223 e. The normalized spacial score (nSPS) is 53.9. The Balaban J connectivity index is 1.07. The third-order valence-corrected chi connectivity index (χ3v) is 16.0. The lowest BCUT2D eigenvalue weighted by atomic mass is 9.56. The van der Waals surface area contributed by atoms with Crippen molar-refractivity contribution in [1.29, 1.82) is 0 Å². The molecule has 0 radical (unpaired) electrons. The van der Waals surface area contributed by atoms with Gasteiger partial charge >= 0.3 is 0 Å². The van der Waals surface area contributed by atoms with Gasteiger partial charge in [-0.25, -0.2) is 19.6 Å². The molecule has 17 atom stereocenters. The summed E-state index contributed by atoms with van der Waals surface area (Å²) in [7, 11) is -1.53. The summed E-state index contributed by atoms with van der Waals surface area (Å²) in [5.41, 5.74) is -1.23. The van der Waals surface area contributed by atoms with Crippen LogP contribution in [-0.4, -0.2) is 67.7 Å². The van der Waals surface area contributed by atoms with Crippen molar-refractivity contribution in [2.45, 2.75) is 173 Å². The molecule has 8 saturated heterocycles. The lowest BCUT2D eigenvalue weighted by Gasteiger charge is -2.61. The zero-order valence-corrected chi connectivity index (χ0v) is 32.5. The molecule has 2 saturated carbocycles. The standard InChI is InChI=1S/C38H63NO9Si/c1-21-10-12-28-23(3)30(41-33-37(28)26(21)14-16-35(5,43-33)45-47-37)18-25(32(40)39-20-49(7,8)9)19-31-24(4)29-13-11-22(2)27-15-17-36(6)44-34(42-31)38(27,29)48-46-36/h21-31,33-34H,10-20H2,1-9H3,(H,39,40)/t21-,22-,23-,24-,25?,26+,27+,28+,29?,30-,31-,33-,34-,35+,36+,37-,38-/m1/s1. The van der Waals surface area contributed by atoms with Crippen LogP contribution in [0.2, 0.25) is 19.6 Å². The van der Waals surface area contributed by atoms with Crippen molar-refractivity contribution in [2.75, 3.05) is 6.17 Å². The van der Waals surface area contributed by atoms with Gasteiger partial charge in [-0.05, 0) is 101 Å². The summed E-state index contributed by atoms with van der Waals surface area (Å²) in [4.78, 5) is 39.3. The van der Waals surface area contributed by atoms with E-state index in [1.54, 1.807) is 0 Å². The van der Waals surface area contributed by atoms with Gasteiger partial charge in [-0.15, -0.1) is 0 Å². The molecule has 8 aliphatic heterocycles. The molecular formula is C38H63NO9Si. The van der Waals surface area contributed by atoms with Crippen molar-refractivity contribution in [3.63, 3.8) is 0 Å². The zero-order valence-electron chi connectivity index (χ0n) is 31.5. The topological polar surface area (TPSA) is 103 Å². The van der Waals surface area contributed by atoms with Crippen LogP contribution in [0.1, 0.15) is 106 Å². The minimum atomic E-state index is -1.53. The molecule has 2 unspecified atom stereocenters. The summed E-state index contributed by atoms with van der Waals surface area (Å²) in [5, 5.41) is 3.39. The molecule has 10 aliphatic rings. The van der Waals surface area contributed by atoms with E-state index in [0.717, 1.165) is 57.5 Å². The molecule has 2 spiro atoms. The minimum absolute atomic E-state index is 0.101. The number of hydrogen-bond acceptors (Lipinski definition) is 9. The maximum atomic E-state index is 14.3. The number of rotatable bonds is 7. The molecule has 10 nitrogen and oxygen atoms in total. The first-order valence-corrected chi connectivity index (χ1v) is 23.5. The van der Waals surface area contributed by atoms with Crippen LogP contribution < -0.4 is 5.32 Å². The van der Waals surface area contributed by atoms with Gasteiger partial charge in [0.25, 0.3) is 0 Å². The largest absolute Gasteiger partial charge is 0.359 e. The van der Waals surface area contributed by atoms with E-state index in [1.807, 2.05) is 13.8 Å². The van der Waals surface area contributed by atoms with E-state index in [-0.39, 0.29) is 47.7 Å². The first-order valence-electron chi connectivity index (χ1n) is 19.8. The molecule has 4 bridgehead atoms. The van der Waals surface area contributed by atoms with Gasteiger partial charge in [-0.1, -0.05) is 47.3 Å². The number of carbonyl (C=O) groups is 1. The van der Waals surface area contributed by atoms with E-state index >= 15 is 0 Å². The van der Waals surface area contributed by atoms with E-state index in [4.69, 9.17) is 38.5 Å². The van der Waals surface area contributed by atoms with Crippen LogP contribution in [-0.2, 0) is 43.3 Å². The highest BCUT2D eigenvalue weighted by atomic mass is 28.3. The van der Waals surface area contributed by atoms with Gasteiger partial charge in [0, 0.05) is 36.8 Å². The molecule has 10 rings (SSSR count). The Bertz CT molecular complexity index is 1200. The van der Waals surface area contributed by atoms with Gasteiger partial charge in [-0.2, -0.15) is 0 Å². The Hall–Kier alpha value is -0.633. The lowest BCUT2D eigenvalue weighted by molar-refractivity contribution is -0.571. The van der Waals surface area contributed by atoms with E-state index in [9.17, 15) is 4.79 Å². The van der Waals surface area contributed by atoms with Crippen molar-refractivity contribution in [3.05, 3.63) is 0 Å². The van der Waals surface area contributed by atoms with E-state index < -0.39 is 43.4 Å². The highest BCUT2D eigenvalue weighted by Crippen LogP contribution is 2.63. The van der Waals surface area contributed by atoms with Crippen molar-refractivity contribution in [3.8, 4) is 0 Å². The van der Waals surface area contributed by atoms with Crippen LogP contribution in [0.4, 0.5) is 0 Å². The fourth-order valence-electron chi connectivity index (χ4n) is 11.9. The van der Waals surface area contributed by atoms with Crippen LogP contribution >= 0.6 is 0 Å². The molecule has 0 aromatic carbocycles. The van der Waals surface area contributed by atoms with E-state index in [2.05, 4.69) is 52.7 Å². The van der Waals surface area contributed by atoms with Gasteiger partial charge in [0.05, 0.1) is 20.3 Å². The zero-order chi connectivity index (χ0) is 34.7.